The second-order valence-corrected chi connectivity index (χ2v) is 5.72. The van der Waals surface area contributed by atoms with Crippen molar-refractivity contribution in [1.82, 2.24) is 5.32 Å². The summed E-state index contributed by atoms with van der Waals surface area (Å²) < 4.78 is 14.5. The van der Waals surface area contributed by atoms with Crippen LogP contribution < -0.4 is 5.32 Å². The van der Waals surface area contributed by atoms with Crippen LogP contribution in [-0.4, -0.2) is 0 Å². The monoisotopic (exact) mass is 313 g/mol. The molecule has 90 valence electrons. The van der Waals surface area contributed by atoms with Crippen LogP contribution in [0.5, 0.6) is 0 Å². The molecular weight excluding hydrogens is 301 g/mol. The van der Waals surface area contributed by atoms with Crippen LogP contribution in [0, 0.1) is 5.82 Å². The van der Waals surface area contributed by atoms with Crippen LogP contribution in [0.2, 0.25) is 0 Å². The molecule has 0 aliphatic carbocycles. The SMILES string of the molecule is CC(NCc1ccccc1F)c1cc(Br)cs1. The van der Waals surface area contributed by atoms with E-state index in [9.17, 15) is 4.39 Å². The molecule has 17 heavy (non-hydrogen) atoms. The Morgan fingerprint density at radius 1 is 1.41 bits per heavy atom. The van der Waals surface area contributed by atoms with E-state index >= 15 is 0 Å². The first-order valence-electron chi connectivity index (χ1n) is 5.37. The van der Waals surface area contributed by atoms with Gasteiger partial charge in [0.2, 0.25) is 0 Å². The summed E-state index contributed by atoms with van der Waals surface area (Å²) in [6, 6.07) is 9.17. The van der Waals surface area contributed by atoms with Crippen LogP contribution in [0.4, 0.5) is 4.39 Å². The fourth-order valence-corrected chi connectivity index (χ4v) is 3.04. The summed E-state index contributed by atoms with van der Waals surface area (Å²) in [5.41, 5.74) is 0.704. The molecule has 0 spiro atoms. The van der Waals surface area contributed by atoms with Crippen LogP contribution in [-0.2, 0) is 6.54 Å². The van der Waals surface area contributed by atoms with Crippen LogP contribution in [0.25, 0.3) is 0 Å². The second-order valence-electron chi connectivity index (χ2n) is 3.86. The maximum atomic E-state index is 13.4. The number of halogens is 2. The molecule has 0 aliphatic heterocycles. The molecule has 1 aromatic carbocycles. The van der Waals surface area contributed by atoms with Gasteiger partial charge in [0.15, 0.2) is 0 Å². The minimum Gasteiger partial charge on any atom is -0.305 e. The van der Waals surface area contributed by atoms with E-state index in [2.05, 4.69) is 39.6 Å². The van der Waals surface area contributed by atoms with Crippen LogP contribution in [0.3, 0.4) is 0 Å². The van der Waals surface area contributed by atoms with Gasteiger partial charge in [-0.05, 0) is 35.0 Å². The van der Waals surface area contributed by atoms with Crippen LogP contribution in [0.1, 0.15) is 23.4 Å². The number of nitrogens with one attached hydrogen (secondary N) is 1. The van der Waals surface area contributed by atoms with Crippen molar-refractivity contribution >= 4 is 27.3 Å². The third-order valence-corrected chi connectivity index (χ3v) is 4.45. The van der Waals surface area contributed by atoms with Gasteiger partial charge in [0.05, 0.1) is 0 Å². The lowest BCUT2D eigenvalue weighted by atomic mass is 10.2. The number of rotatable bonds is 4. The Hall–Kier alpha value is -0.710. The molecule has 0 fully saturated rings. The van der Waals surface area contributed by atoms with Crippen LogP contribution >= 0.6 is 27.3 Å². The molecule has 0 saturated heterocycles. The summed E-state index contributed by atoms with van der Waals surface area (Å²) in [6.45, 7) is 2.63. The first-order valence-corrected chi connectivity index (χ1v) is 7.05. The van der Waals surface area contributed by atoms with E-state index in [0.29, 0.717) is 12.1 Å². The summed E-state index contributed by atoms with van der Waals surface area (Å²) in [7, 11) is 0. The predicted molar refractivity (Wildman–Crippen MR) is 73.7 cm³/mol. The first-order chi connectivity index (χ1) is 8.16. The van der Waals surface area contributed by atoms with Crippen molar-refractivity contribution in [3.8, 4) is 0 Å². The van der Waals surface area contributed by atoms with Gasteiger partial charge in [0.25, 0.3) is 0 Å². The highest BCUT2D eigenvalue weighted by atomic mass is 79.9. The highest BCUT2D eigenvalue weighted by Gasteiger charge is 2.08. The van der Waals surface area contributed by atoms with Gasteiger partial charge < -0.3 is 5.32 Å². The fraction of sp³-hybridized carbons (Fsp3) is 0.231. The third kappa shape index (κ3) is 3.37. The van der Waals surface area contributed by atoms with Crippen molar-refractivity contribution < 1.29 is 4.39 Å². The molecule has 0 bridgehead atoms. The van der Waals surface area contributed by atoms with E-state index in [1.807, 2.05) is 6.07 Å². The number of hydrogen-bond acceptors (Lipinski definition) is 2. The lowest BCUT2D eigenvalue weighted by Gasteiger charge is -2.12. The topological polar surface area (TPSA) is 12.0 Å². The molecule has 4 heteroatoms. The number of benzene rings is 1. The molecule has 0 aliphatic rings. The predicted octanol–water partition coefficient (Wildman–Crippen LogP) is 4.50. The van der Waals surface area contributed by atoms with Crippen LogP contribution in [0.15, 0.2) is 40.2 Å². The summed E-state index contributed by atoms with van der Waals surface area (Å²) in [6.07, 6.45) is 0. The summed E-state index contributed by atoms with van der Waals surface area (Å²) >= 11 is 5.12. The van der Waals surface area contributed by atoms with E-state index in [4.69, 9.17) is 0 Å². The highest BCUT2D eigenvalue weighted by molar-refractivity contribution is 9.10. The fourth-order valence-electron chi connectivity index (χ4n) is 1.56. The maximum absolute atomic E-state index is 13.4. The zero-order valence-electron chi connectivity index (χ0n) is 9.41. The van der Waals surface area contributed by atoms with Crippen molar-refractivity contribution in [3.05, 3.63) is 56.4 Å². The smallest absolute Gasteiger partial charge is 0.127 e. The molecule has 0 amide bonds. The molecule has 1 atom stereocenters. The van der Waals surface area contributed by atoms with Gasteiger partial charge in [-0.25, -0.2) is 4.39 Å². The Morgan fingerprint density at radius 3 is 2.82 bits per heavy atom. The Morgan fingerprint density at radius 2 is 2.18 bits per heavy atom. The Bertz CT molecular complexity index is 498. The summed E-state index contributed by atoms with van der Waals surface area (Å²) in [4.78, 5) is 1.24. The van der Waals surface area contributed by atoms with Gasteiger partial charge >= 0.3 is 0 Å². The number of hydrogen-bond donors (Lipinski definition) is 1. The van der Waals surface area contributed by atoms with E-state index in [-0.39, 0.29) is 11.9 Å². The van der Waals surface area contributed by atoms with Crippen molar-refractivity contribution in [3.63, 3.8) is 0 Å². The molecule has 0 saturated carbocycles. The second kappa shape index (κ2) is 5.76. The molecule has 1 unspecified atom stereocenters. The van der Waals surface area contributed by atoms with Gasteiger partial charge in [-0.1, -0.05) is 18.2 Å². The van der Waals surface area contributed by atoms with E-state index in [0.717, 1.165) is 4.47 Å². The third-order valence-electron chi connectivity index (χ3n) is 2.57. The molecule has 1 heterocycles. The Labute approximate surface area is 113 Å². The molecule has 1 N–H and O–H groups in total. The average Bonchev–Trinajstić information content (AvgIpc) is 2.74. The number of thiophene rings is 1. The van der Waals surface area contributed by atoms with Gasteiger partial charge in [-0.3, -0.25) is 0 Å². The van der Waals surface area contributed by atoms with Crippen molar-refractivity contribution in [1.29, 1.82) is 0 Å². The quantitative estimate of drug-likeness (QED) is 0.876. The summed E-state index contributed by atoms with van der Waals surface area (Å²) in [5, 5.41) is 5.37. The normalized spacial score (nSPS) is 12.6. The molecule has 2 rings (SSSR count). The molecule has 0 radical (unpaired) electrons. The van der Waals surface area contributed by atoms with Gasteiger partial charge in [0.1, 0.15) is 5.82 Å². The molecule has 1 nitrogen and oxygen atoms in total. The van der Waals surface area contributed by atoms with Crippen molar-refractivity contribution in [2.75, 3.05) is 0 Å². The van der Waals surface area contributed by atoms with E-state index < -0.39 is 0 Å². The van der Waals surface area contributed by atoms with Crippen molar-refractivity contribution in [2.45, 2.75) is 19.5 Å². The highest BCUT2D eigenvalue weighted by Crippen LogP contribution is 2.25. The first kappa shape index (κ1) is 12.7. The minimum atomic E-state index is -0.153. The summed E-state index contributed by atoms with van der Waals surface area (Å²) in [5.74, 6) is -0.153. The average molecular weight is 314 g/mol. The Kier molecular flexibility index (Phi) is 4.31. The maximum Gasteiger partial charge on any atom is 0.127 e. The molecule has 1 aromatic heterocycles. The van der Waals surface area contributed by atoms with E-state index in [1.54, 1.807) is 23.5 Å². The Balaban J connectivity index is 1.97. The lowest BCUT2D eigenvalue weighted by molar-refractivity contribution is 0.549. The lowest BCUT2D eigenvalue weighted by Crippen LogP contribution is -2.17. The van der Waals surface area contributed by atoms with E-state index in [1.165, 1.54) is 10.9 Å². The van der Waals surface area contributed by atoms with Crippen molar-refractivity contribution in [2.24, 2.45) is 0 Å². The van der Waals surface area contributed by atoms with Gasteiger partial charge in [-0.2, -0.15) is 0 Å². The molecular formula is C13H13BrFNS. The molecule has 2 aromatic rings. The minimum absolute atomic E-state index is 0.153. The largest absolute Gasteiger partial charge is 0.305 e. The zero-order valence-corrected chi connectivity index (χ0v) is 11.8. The van der Waals surface area contributed by atoms with Gasteiger partial charge in [-0.15, -0.1) is 11.3 Å². The zero-order chi connectivity index (χ0) is 12.3. The standard InChI is InChI=1S/C13H13BrFNS/c1-9(13-6-11(14)8-17-13)16-7-10-4-2-3-5-12(10)15/h2-6,8-9,16H,7H2,1H3. The van der Waals surface area contributed by atoms with Gasteiger partial charge in [0, 0.05) is 32.9 Å².